The molecule has 2 heteroatoms. The van der Waals surface area contributed by atoms with Crippen LogP contribution in [-0.2, 0) is 4.79 Å². The Hall–Kier alpha value is -0.630. The fourth-order valence-electron chi connectivity index (χ4n) is 3.49. The van der Waals surface area contributed by atoms with Crippen molar-refractivity contribution in [3.63, 3.8) is 0 Å². The van der Waals surface area contributed by atoms with Crippen LogP contribution in [0.1, 0.15) is 98.8 Å². The molecule has 0 spiro atoms. The standard InChI is InChI=1S/C20H39NO/c1-7-9-10-11-12-13-14-15-16-20(8-2,19(5,6)21)18(22)17(3)4/h3,7-16,21H2,1-2,4-6H3. The third-order valence-corrected chi connectivity index (χ3v) is 5.12. The Labute approximate surface area is 138 Å². The molecule has 0 fully saturated rings. The molecule has 130 valence electrons. The lowest BCUT2D eigenvalue weighted by Gasteiger charge is -2.43. The summed E-state index contributed by atoms with van der Waals surface area (Å²) in [4.78, 5) is 12.7. The van der Waals surface area contributed by atoms with Gasteiger partial charge < -0.3 is 5.73 Å². The Morgan fingerprint density at radius 1 is 0.955 bits per heavy atom. The van der Waals surface area contributed by atoms with Gasteiger partial charge in [0.2, 0.25) is 0 Å². The van der Waals surface area contributed by atoms with Crippen molar-refractivity contribution in [2.75, 3.05) is 0 Å². The highest BCUT2D eigenvalue weighted by molar-refractivity contribution is 5.99. The molecule has 0 aliphatic carbocycles. The van der Waals surface area contributed by atoms with E-state index in [1.807, 2.05) is 20.8 Å². The lowest BCUT2D eigenvalue weighted by atomic mass is 9.63. The van der Waals surface area contributed by atoms with E-state index in [0.717, 1.165) is 19.3 Å². The number of nitrogens with two attached hydrogens (primary N) is 1. The molecule has 1 unspecified atom stereocenters. The molecule has 2 nitrogen and oxygen atoms in total. The molecule has 0 saturated carbocycles. The number of hydrogen-bond acceptors (Lipinski definition) is 2. The van der Waals surface area contributed by atoms with Gasteiger partial charge in [-0.05, 0) is 39.2 Å². The van der Waals surface area contributed by atoms with Gasteiger partial charge in [-0.1, -0.05) is 71.8 Å². The maximum absolute atomic E-state index is 12.7. The van der Waals surface area contributed by atoms with Gasteiger partial charge in [-0.15, -0.1) is 0 Å². The van der Waals surface area contributed by atoms with Crippen molar-refractivity contribution < 1.29 is 4.79 Å². The zero-order chi connectivity index (χ0) is 17.2. The van der Waals surface area contributed by atoms with E-state index in [9.17, 15) is 4.79 Å². The van der Waals surface area contributed by atoms with E-state index in [0.29, 0.717) is 5.57 Å². The molecule has 0 aliphatic rings. The van der Waals surface area contributed by atoms with Crippen molar-refractivity contribution in [1.82, 2.24) is 0 Å². The Morgan fingerprint density at radius 3 is 1.77 bits per heavy atom. The fraction of sp³-hybridized carbons (Fsp3) is 0.850. The van der Waals surface area contributed by atoms with Gasteiger partial charge in [0.25, 0.3) is 0 Å². The van der Waals surface area contributed by atoms with E-state index >= 15 is 0 Å². The number of unbranched alkanes of at least 4 members (excludes halogenated alkanes) is 7. The minimum absolute atomic E-state index is 0.158. The second-order valence-electron chi connectivity index (χ2n) is 7.49. The van der Waals surface area contributed by atoms with Crippen LogP contribution in [0.2, 0.25) is 0 Å². The highest BCUT2D eigenvalue weighted by Gasteiger charge is 2.46. The summed E-state index contributed by atoms with van der Waals surface area (Å²) in [6.07, 6.45) is 11.9. The van der Waals surface area contributed by atoms with Gasteiger partial charge >= 0.3 is 0 Å². The molecular formula is C20H39NO. The molecule has 0 heterocycles. The van der Waals surface area contributed by atoms with Crippen molar-refractivity contribution in [2.24, 2.45) is 11.1 Å². The lowest BCUT2D eigenvalue weighted by molar-refractivity contribution is -0.129. The van der Waals surface area contributed by atoms with Gasteiger partial charge in [0.1, 0.15) is 0 Å². The van der Waals surface area contributed by atoms with Crippen molar-refractivity contribution in [2.45, 2.75) is 104 Å². The predicted octanol–water partition coefficient (Wildman–Crippen LogP) is 5.80. The maximum atomic E-state index is 12.7. The molecule has 0 bridgehead atoms. The van der Waals surface area contributed by atoms with Crippen LogP contribution in [0.5, 0.6) is 0 Å². The van der Waals surface area contributed by atoms with Crippen molar-refractivity contribution in [3.05, 3.63) is 12.2 Å². The van der Waals surface area contributed by atoms with Crippen LogP contribution in [-0.4, -0.2) is 11.3 Å². The zero-order valence-corrected chi connectivity index (χ0v) is 15.8. The lowest BCUT2D eigenvalue weighted by Crippen LogP contribution is -2.55. The quantitative estimate of drug-likeness (QED) is 0.345. The molecule has 0 aromatic carbocycles. The predicted molar refractivity (Wildman–Crippen MR) is 98.0 cm³/mol. The summed E-state index contributed by atoms with van der Waals surface area (Å²) in [7, 11) is 0. The van der Waals surface area contributed by atoms with E-state index in [1.54, 1.807) is 0 Å². The smallest absolute Gasteiger partial charge is 0.165 e. The molecule has 0 amide bonds. The summed E-state index contributed by atoms with van der Waals surface area (Å²) >= 11 is 0. The maximum Gasteiger partial charge on any atom is 0.165 e. The highest BCUT2D eigenvalue weighted by Crippen LogP contribution is 2.41. The van der Waals surface area contributed by atoms with Crippen molar-refractivity contribution in [3.8, 4) is 0 Å². The van der Waals surface area contributed by atoms with Crippen molar-refractivity contribution >= 4 is 5.78 Å². The van der Waals surface area contributed by atoms with Gasteiger partial charge in [0, 0.05) is 5.54 Å². The van der Waals surface area contributed by atoms with Crippen LogP contribution in [0.15, 0.2) is 12.2 Å². The number of carbonyl (C=O) groups is 1. The molecule has 0 rings (SSSR count). The van der Waals surface area contributed by atoms with Gasteiger partial charge in [-0.3, -0.25) is 4.79 Å². The Bertz CT molecular complexity index is 340. The summed E-state index contributed by atoms with van der Waals surface area (Å²) in [6, 6.07) is 0. The number of rotatable bonds is 13. The molecule has 0 saturated heterocycles. The van der Waals surface area contributed by atoms with E-state index < -0.39 is 11.0 Å². The Morgan fingerprint density at radius 2 is 1.41 bits per heavy atom. The van der Waals surface area contributed by atoms with Crippen LogP contribution >= 0.6 is 0 Å². The minimum atomic E-state index is -0.501. The number of hydrogen-bond donors (Lipinski definition) is 1. The normalized spacial score (nSPS) is 14.6. The van der Waals surface area contributed by atoms with Crippen LogP contribution in [0.4, 0.5) is 0 Å². The van der Waals surface area contributed by atoms with E-state index in [1.165, 1.54) is 44.9 Å². The summed E-state index contributed by atoms with van der Waals surface area (Å²) in [5.74, 6) is 0.158. The third kappa shape index (κ3) is 6.24. The number of ketones is 1. The Kier molecular flexibility index (Phi) is 9.91. The highest BCUT2D eigenvalue weighted by atomic mass is 16.1. The molecule has 1 atom stereocenters. The molecular weight excluding hydrogens is 270 g/mol. The Balaban J connectivity index is 4.44. The van der Waals surface area contributed by atoms with Gasteiger partial charge in [0.05, 0.1) is 5.41 Å². The third-order valence-electron chi connectivity index (χ3n) is 5.12. The first-order valence-electron chi connectivity index (χ1n) is 9.22. The molecule has 2 N–H and O–H groups in total. The number of Topliss-reactive ketones (excluding diaryl/α,β-unsaturated/α-hetero) is 1. The second kappa shape index (κ2) is 10.2. The first-order valence-corrected chi connectivity index (χ1v) is 9.22. The summed E-state index contributed by atoms with van der Waals surface area (Å²) < 4.78 is 0. The molecule has 0 radical (unpaired) electrons. The van der Waals surface area contributed by atoms with E-state index in [2.05, 4.69) is 20.4 Å². The largest absolute Gasteiger partial charge is 0.325 e. The first-order chi connectivity index (χ1) is 10.2. The van der Waals surface area contributed by atoms with Crippen molar-refractivity contribution in [1.29, 1.82) is 0 Å². The van der Waals surface area contributed by atoms with Gasteiger partial charge in [0.15, 0.2) is 5.78 Å². The number of allylic oxidation sites excluding steroid dienone is 1. The second-order valence-corrected chi connectivity index (χ2v) is 7.49. The monoisotopic (exact) mass is 309 g/mol. The molecule has 0 aromatic heterocycles. The molecule has 0 aliphatic heterocycles. The summed E-state index contributed by atoms with van der Waals surface area (Å²) in [5.41, 5.74) is 6.08. The van der Waals surface area contributed by atoms with Crippen LogP contribution < -0.4 is 5.73 Å². The molecule has 22 heavy (non-hydrogen) atoms. The summed E-state index contributed by atoms with van der Waals surface area (Å²) in [6.45, 7) is 14.0. The SMILES string of the molecule is C=C(C)C(=O)C(CC)(CCCCCCCCCC)C(C)(C)N. The van der Waals surface area contributed by atoms with Crippen LogP contribution in [0, 0.1) is 5.41 Å². The van der Waals surface area contributed by atoms with E-state index in [-0.39, 0.29) is 5.78 Å². The van der Waals surface area contributed by atoms with E-state index in [4.69, 9.17) is 5.73 Å². The van der Waals surface area contributed by atoms with Crippen LogP contribution in [0.3, 0.4) is 0 Å². The minimum Gasteiger partial charge on any atom is -0.325 e. The first kappa shape index (κ1) is 21.4. The summed E-state index contributed by atoms with van der Waals surface area (Å²) in [5, 5.41) is 0. The average molecular weight is 310 g/mol. The number of carbonyl (C=O) groups excluding carboxylic acids is 1. The van der Waals surface area contributed by atoms with Gasteiger partial charge in [-0.25, -0.2) is 0 Å². The zero-order valence-electron chi connectivity index (χ0n) is 15.8. The fourth-order valence-corrected chi connectivity index (χ4v) is 3.49. The topological polar surface area (TPSA) is 43.1 Å². The van der Waals surface area contributed by atoms with Gasteiger partial charge in [-0.2, -0.15) is 0 Å². The molecule has 0 aromatic rings. The average Bonchev–Trinajstić information content (AvgIpc) is 2.44. The van der Waals surface area contributed by atoms with Crippen LogP contribution in [0.25, 0.3) is 0 Å².